The molecule has 3 N–H and O–H groups in total. The highest BCUT2D eigenvalue weighted by molar-refractivity contribution is 7.80. The summed E-state index contributed by atoms with van der Waals surface area (Å²) in [5.74, 6) is -1.31. The molecule has 3 atom stereocenters. The van der Waals surface area contributed by atoms with E-state index < -0.39 is 41.3 Å². The van der Waals surface area contributed by atoms with Crippen LogP contribution in [0.25, 0.3) is 0 Å². The molecule has 0 aromatic heterocycles. The number of rotatable bonds is 3. The fourth-order valence-electron chi connectivity index (χ4n) is 1.05. The van der Waals surface area contributed by atoms with Gasteiger partial charge in [0.1, 0.15) is 6.10 Å². The van der Waals surface area contributed by atoms with E-state index in [1.165, 1.54) is 0 Å². The standard InChI is InChI=1S/C6H9O8S/c7-3-1-4(6(8)9)13-2-5(3)14-15(10,11)12/h1,3-5,7H,2H2,(H,8,9)(H,10,11,12). The minimum atomic E-state index is -4.70. The summed E-state index contributed by atoms with van der Waals surface area (Å²) in [7, 11) is -4.70. The lowest BCUT2D eigenvalue weighted by Gasteiger charge is -2.29. The third-order valence-electron chi connectivity index (χ3n) is 1.68. The molecule has 0 amide bonds. The molecule has 8 nitrogen and oxygen atoms in total. The SMILES string of the molecule is O=C(O)C1[CH]C(O)C(OS(=O)(=O)O)CO1. The van der Waals surface area contributed by atoms with Crippen LogP contribution < -0.4 is 0 Å². The Morgan fingerprint density at radius 1 is 1.53 bits per heavy atom. The largest absolute Gasteiger partial charge is 0.479 e. The van der Waals surface area contributed by atoms with Gasteiger partial charge in [-0.1, -0.05) is 0 Å². The molecule has 1 aliphatic rings. The van der Waals surface area contributed by atoms with Crippen LogP contribution in [0.15, 0.2) is 0 Å². The van der Waals surface area contributed by atoms with Crippen LogP contribution in [0.1, 0.15) is 0 Å². The Labute approximate surface area is 85.4 Å². The molecule has 0 spiro atoms. The number of ether oxygens (including phenoxy) is 1. The Kier molecular flexibility index (Phi) is 3.62. The summed E-state index contributed by atoms with van der Waals surface area (Å²) >= 11 is 0. The summed E-state index contributed by atoms with van der Waals surface area (Å²) in [4.78, 5) is 10.4. The minimum Gasteiger partial charge on any atom is -0.479 e. The van der Waals surface area contributed by atoms with E-state index in [0.29, 0.717) is 0 Å². The van der Waals surface area contributed by atoms with Gasteiger partial charge >= 0.3 is 16.4 Å². The summed E-state index contributed by atoms with van der Waals surface area (Å²) in [5, 5.41) is 17.8. The van der Waals surface area contributed by atoms with Crippen molar-refractivity contribution in [2.24, 2.45) is 0 Å². The summed E-state index contributed by atoms with van der Waals surface area (Å²) < 4.78 is 37.6. The van der Waals surface area contributed by atoms with Crippen molar-refractivity contribution in [1.82, 2.24) is 0 Å². The van der Waals surface area contributed by atoms with Crippen molar-refractivity contribution in [3.8, 4) is 0 Å². The quantitative estimate of drug-likeness (QED) is 0.494. The second-order valence-corrected chi connectivity index (χ2v) is 3.89. The third-order valence-corrected chi connectivity index (χ3v) is 2.17. The molecule has 15 heavy (non-hydrogen) atoms. The van der Waals surface area contributed by atoms with Gasteiger partial charge in [-0.2, -0.15) is 8.42 Å². The number of carbonyl (C=O) groups is 1. The Bertz CT molecular complexity index is 335. The summed E-state index contributed by atoms with van der Waals surface area (Å²) in [6.45, 7) is -0.450. The molecule has 0 aromatic carbocycles. The second-order valence-electron chi connectivity index (χ2n) is 2.84. The molecule has 1 rings (SSSR count). The van der Waals surface area contributed by atoms with E-state index in [2.05, 4.69) is 8.92 Å². The van der Waals surface area contributed by atoms with Gasteiger partial charge in [0.05, 0.1) is 12.7 Å². The third kappa shape index (κ3) is 3.72. The van der Waals surface area contributed by atoms with Gasteiger partial charge in [-0.3, -0.25) is 4.55 Å². The highest BCUT2D eigenvalue weighted by atomic mass is 32.3. The lowest BCUT2D eigenvalue weighted by molar-refractivity contribution is -0.157. The molecule has 3 unspecified atom stereocenters. The number of aliphatic carboxylic acids is 1. The van der Waals surface area contributed by atoms with Crippen molar-refractivity contribution in [3.63, 3.8) is 0 Å². The highest BCUT2D eigenvalue weighted by Gasteiger charge is 2.36. The number of carboxylic acid groups (broad SMARTS) is 1. The van der Waals surface area contributed by atoms with Gasteiger partial charge < -0.3 is 14.9 Å². The number of hydrogen-bond donors (Lipinski definition) is 3. The van der Waals surface area contributed by atoms with Crippen LogP contribution in [-0.2, 0) is 24.1 Å². The van der Waals surface area contributed by atoms with Crippen LogP contribution in [0.4, 0.5) is 0 Å². The monoisotopic (exact) mass is 241 g/mol. The fourth-order valence-corrected chi connectivity index (χ4v) is 1.53. The fraction of sp³-hybridized carbons (Fsp3) is 0.667. The normalized spacial score (nSPS) is 32.5. The smallest absolute Gasteiger partial charge is 0.397 e. The van der Waals surface area contributed by atoms with Gasteiger partial charge in [-0.05, 0) is 0 Å². The lowest BCUT2D eigenvalue weighted by Crippen LogP contribution is -2.46. The van der Waals surface area contributed by atoms with E-state index in [-0.39, 0.29) is 0 Å². The van der Waals surface area contributed by atoms with Gasteiger partial charge in [0.15, 0.2) is 6.10 Å². The Balaban J connectivity index is 2.57. The molecule has 1 fully saturated rings. The Morgan fingerprint density at radius 3 is 2.53 bits per heavy atom. The molecule has 1 saturated heterocycles. The van der Waals surface area contributed by atoms with E-state index >= 15 is 0 Å². The maximum absolute atomic E-state index is 10.4. The average Bonchev–Trinajstić information content (AvgIpc) is 2.05. The molecule has 1 aliphatic heterocycles. The molecular formula is C6H9O8S. The van der Waals surface area contributed by atoms with Crippen LogP contribution >= 0.6 is 0 Å². The zero-order valence-corrected chi connectivity index (χ0v) is 8.12. The highest BCUT2D eigenvalue weighted by Crippen LogP contribution is 2.17. The predicted molar refractivity (Wildman–Crippen MR) is 44.1 cm³/mol. The summed E-state index contributed by atoms with van der Waals surface area (Å²) in [6.07, 6.45) is -3.24. The summed E-state index contributed by atoms with van der Waals surface area (Å²) in [5.41, 5.74) is 0. The van der Waals surface area contributed by atoms with Gasteiger partial charge in [-0.15, -0.1) is 0 Å². The van der Waals surface area contributed by atoms with Crippen molar-refractivity contribution < 1.29 is 36.9 Å². The molecule has 87 valence electrons. The average molecular weight is 241 g/mol. The zero-order valence-electron chi connectivity index (χ0n) is 7.31. The number of aliphatic hydroxyl groups excluding tert-OH is 1. The maximum Gasteiger partial charge on any atom is 0.397 e. The van der Waals surface area contributed by atoms with Crippen LogP contribution in [-0.4, -0.2) is 54.1 Å². The van der Waals surface area contributed by atoms with Crippen LogP contribution in [0.3, 0.4) is 0 Å². The van der Waals surface area contributed by atoms with Crippen LogP contribution in [0.2, 0.25) is 0 Å². The first kappa shape index (κ1) is 12.3. The van der Waals surface area contributed by atoms with Gasteiger partial charge in [-0.25, -0.2) is 8.98 Å². The molecular weight excluding hydrogens is 232 g/mol. The number of carboxylic acids is 1. The Hall–Kier alpha value is -0.740. The minimum absolute atomic E-state index is 0.450. The van der Waals surface area contributed by atoms with E-state index in [1.807, 2.05) is 0 Å². The summed E-state index contributed by atoms with van der Waals surface area (Å²) in [6, 6.07) is 0. The van der Waals surface area contributed by atoms with Crippen LogP contribution in [0, 0.1) is 6.42 Å². The van der Waals surface area contributed by atoms with Crippen molar-refractivity contribution in [2.45, 2.75) is 18.3 Å². The Morgan fingerprint density at radius 2 is 2.13 bits per heavy atom. The molecule has 0 bridgehead atoms. The first-order valence-electron chi connectivity index (χ1n) is 3.83. The molecule has 1 heterocycles. The molecule has 0 aromatic rings. The van der Waals surface area contributed by atoms with Gasteiger partial charge in [0, 0.05) is 6.42 Å². The first-order valence-corrected chi connectivity index (χ1v) is 5.19. The van der Waals surface area contributed by atoms with Crippen molar-refractivity contribution in [3.05, 3.63) is 6.42 Å². The van der Waals surface area contributed by atoms with E-state index in [9.17, 15) is 18.3 Å². The molecule has 0 saturated carbocycles. The number of hydrogen-bond acceptors (Lipinski definition) is 6. The molecule has 0 aliphatic carbocycles. The van der Waals surface area contributed by atoms with Crippen molar-refractivity contribution in [1.29, 1.82) is 0 Å². The van der Waals surface area contributed by atoms with E-state index in [1.54, 1.807) is 0 Å². The zero-order chi connectivity index (χ0) is 11.6. The first-order chi connectivity index (χ1) is 6.79. The van der Waals surface area contributed by atoms with E-state index in [4.69, 9.17) is 9.66 Å². The van der Waals surface area contributed by atoms with Gasteiger partial charge in [0.2, 0.25) is 0 Å². The molecule has 1 radical (unpaired) electrons. The molecule has 9 heteroatoms. The predicted octanol–water partition coefficient (Wildman–Crippen LogP) is -1.78. The lowest BCUT2D eigenvalue weighted by atomic mass is 10.0. The van der Waals surface area contributed by atoms with Crippen molar-refractivity contribution in [2.75, 3.05) is 6.61 Å². The second kappa shape index (κ2) is 4.41. The number of aliphatic hydroxyl groups is 1. The van der Waals surface area contributed by atoms with E-state index in [0.717, 1.165) is 6.42 Å². The van der Waals surface area contributed by atoms with Crippen molar-refractivity contribution >= 4 is 16.4 Å². The van der Waals surface area contributed by atoms with Crippen LogP contribution in [0.5, 0.6) is 0 Å². The topological polar surface area (TPSA) is 130 Å². The van der Waals surface area contributed by atoms with Gasteiger partial charge in [0.25, 0.3) is 0 Å². The maximum atomic E-state index is 10.4.